The molecule has 0 aromatic heterocycles. The minimum Gasteiger partial charge on any atom is -0.329 e. The van der Waals surface area contributed by atoms with Crippen molar-refractivity contribution in [2.45, 2.75) is 75.9 Å². The molecule has 3 aliphatic heterocycles. The van der Waals surface area contributed by atoms with Crippen LogP contribution in [-0.2, 0) is 0 Å². The van der Waals surface area contributed by atoms with Gasteiger partial charge in [0.15, 0.2) is 0 Å². The Morgan fingerprint density at radius 2 is 1.95 bits per heavy atom. The van der Waals surface area contributed by atoms with Gasteiger partial charge in [-0.05, 0) is 58.5 Å². The molecule has 0 spiro atoms. The van der Waals surface area contributed by atoms with Gasteiger partial charge < -0.3 is 10.6 Å². The highest BCUT2D eigenvalue weighted by atomic mass is 15.3. The fourth-order valence-corrected chi connectivity index (χ4v) is 4.86. The van der Waals surface area contributed by atoms with Gasteiger partial charge in [-0.1, -0.05) is 12.8 Å². The van der Waals surface area contributed by atoms with Crippen molar-refractivity contribution in [2.24, 2.45) is 5.73 Å². The lowest BCUT2D eigenvalue weighted by Crippen LogP contribution is -2.63. The van der Waals surface area contributed by atoms with E-state index in [2.05, 4.69) is 16.7 Å². The molecule has 0 aromatic carbocycles. The van der Waals surface area contributed by atoms with Gasteiger partial charge >= 0.3 is 0 Å². The van der Waals surface area contributed by atoms with Gasteiger partial charge in [0.05, 0.1) is 0 Å². The van der Waals surface area contributed by atoms with E-state index in [4.69, 9.17) is 5.73 Å². The van der Waals surface area contributed by atoms with Crippen LogP contribution in [-0.4, -0.2) is 53.6 Å². The van der Waals surface area contributed by atoms with E-state index in [0.29, 0.717) is 5.54 Å². The summed E-state index contributed by atoms with van der Waals surface area (Å²) in [6.07, 6.45) is 11.0. The number of fused-ring (bicyclic) bond motifs is 1. The van der Waals surface area contributed by atoms with Crippen LogP contribution in [0.4, 0.5) is 0 Å². The van der Waals surface area contributed by atoms with E-state index in [1.54, 1.807) is 0 Å². The highest BCUT2D eigenvalue weighted by molar-refractivity contribution is 5.03. The van der Waals surface area contributed by atoms with E-state index < -0.39 is 0 Å². The molecule has 0 amide bonds. The van der Waals surface area contributed by atoms with Crippen molar-refractivity contribution in [1.29, 1.82) is 0 Å². The average molecular weight is 265 g/mol. The Labute approximate surface area is 118 Å². The second-order valence-corrected chi connectivity index (χ2v) is 7.11. The van der Waals surface area contributed by atoms with Gasteiger partial charge in [-0.3, -0.25) is 4.90 Å². The summed E-state index contributed by atoms with van der Waals surface area (Å²) in [6.45, 7) is 7.20. The Bertz CT molecular complexity index is 306. The zero-order valence-corrected chi connectivity index (χ0v) is 12.6. The molecule has 3 heteroatoms. The number of hydrogen-bond acceptors (Lipinski definition) is 3. The lowest BCUT2D eigenvalue weighted by atomic mass is 9.80. The minimum absolute atomic E-state index is 0.315. The van der Waals surface area contributed by atoms with Crippen molar-refractivity contribution < 1.29 is 0 Å². The lowest BCUT2D eigenvalue weighted by molar-refractivity contribution is -0.0109. The summed E-state index contributed by atoms with van der Waals surface area (Å²) in [5.74, 6) is 0. The Kier molecular flexibility index (Phi) is 4.16. The maximum absolute atomic E-state index is 6.30. The first-order valence-electron chi connectivity index (χ1n) is 8.46. The molecule has 0 aliphatic carbocycles. The molecular weight excluding hydrogens is 234 g/mol. The number of rotatable bonds is 2. The summed E-state index contributed by atoms with van der Waals surface area (Å²) in [5.41, 5.74) is 6.62. The third-order valence-electron chi connectivity index (χ3n) is 6.02. The monoisotopic (exact) mass is 265 g/mol. The summed E-state index contributed by atoms with van der Waals surface area (Å²) >= 11 is 0. The van der Waals surface area contributed by atoms with Crippen LogP contribution in [0.25, 0.3) is 0 Å². The first kappa shape index (κ1) is 13.8. The fraction of sp³-hybridized carbons (Fsp3) is 1.00. The highest BCUT2D eigenvalue weighted by Gasteiger charge is 2.45. The van der Waals surface area contributed by atoms with Crippen LogP contribution in [0, 0.1) is 0 Å². The van der Waals surface area contributed by atoms with Crippen LogP contribution in [0.15, 0.2) is 0 Å². The van der Waals surface area contributed by atoms with Gasteiger partial charge in [-0.15, -0.1) is 0 Å². The summed E-state index contributed by atoms with van der Waals surface area (Å²) in [6, 6.07) is 1.56. The van der Waals surface area contributed by atoms with Gasteiger partial charge in [0, 0.05) is 30.7 Å². The molecular formula is C16H31N3. The standard InChI is InChI=1S/C16H31N3/c1-14-6-3-2-4-10-19(14)16(13-17)8-11-18-9-5-7-15(18)12-16/h14-15H,2-13,17H2,1H3. The third kappa shape index (κ3) is 2.57. The molecule has 110 valence electrons. The Morgan fingerprint density at radius 1 is 1.05 bits per heavy atom. The molecule has 0 radical (unpaired) electrons. The second kappa shape index (κ2) is 5.71. The van der Waals surface area contributed by atoms with E-state index in [-0.39, 0.29) is 0 Å². The summed E-state index contributed by atoms with van der Waals surface area (Å²) in [7, 11) is 0. The molecule has 3 nitrogen and oxygen atoms in total. The van der Waals surface area contributed by atoms with Crippen molar-refractivity contribution in [1.82, 2.24) is 9.80 Å². The van der Waals surface area contributed by atoms with E-state index in [9.17, 15) is 0 Å². The lowest BCUT2D eigenvalue weighted by Gasteiger charge is -2.52. The topological polar surface area (TPSA) is 32.5 Å². The van der Waals surface area contributed by atoms with E-state index in [1.165, 1.54) is 71.0 Å². The quantitative estimate of drug-likeness (QED) is 0.831. The SMILES string of the molecule is CC1CCCCCN1C1(CN)CCN2CCCC2C1. The zero-order valence-electron chi connectivity index (χ0n) is 12.6. The molecule has 3 rings (SSSR count). The Morgan fingerprint density at radius 3 is 2.79 bits per heavy atom. The van der Waals surface area contributed by atoms with Crippen molar-refractivity contribution in [3.8, 4) is 0 Å². The minimum atomic E-state index is 0.315. The Hall–Kier alpha value is -0.120. The number of piperidine rings is 1. The van der Waals surface area contributed by atoms with Crippen molar-refractivity contribution in [2.75, 3.05) is 26.2 Å². The van der Waals surface area contributed by atoms with Crippen LogP contribution in [0.3, 0.4) is 0 Å². The first-order valence-corrected chi connectivity index (χ1v) is 8.46. The first-order chi connectivity index (χ1) is 9.25. The third-order valence-corrected chi connectivity index (χ3v) is 6.02. The maximum atomic E-state index is 6.30. The summed E-state index contributed by atoms with van der Waals surface area (Å²) < 4.78 is 0. The van der Waals surface area contributed by atoms with Gasteiger partial charge in [0.1, 0.15) is 0 Å². The zero-order chi connectivity index (χ0) is 13.3. The molecule has 3 atom stereocenters. The molecule has 3 heterocycles. The normalized spacial score (nSPS) is 42.0. The summed E-state index contributed by atoms with van der Waals surface area (Å²) in [5, 5.41) is 0. The number of nitrogens with two attached hydrogens (primary N) is 1. The largest absolute Gasteiger partial charge is 0.329 e. The van der Waals surface area contributed by atoms with Crippen LogP contribution in [0.5, 0.6) is 0 Å². The van der Waals surface area contributed by atoms with Crippen LogP contribution >= 0.6 is 0 Å². The Balaban J connectivity index is 1.77. The predicted octanol–water partition coefficient (Wildman–Crippen LogP) is 2.21. The fourth-order valence-electron chi connectivity index (χ4n) is 4.86. The molecule has 3 fully saturated rings. The molecule has 2 N–H and O–H groups in total. The molecule has 3 saturated heterocycles. The van der Waals surface area contributed by atoms with E-state index >= 15 is 0 Å². The second-order valence-electron chi connectivity index (χ2n) is 7.11. The van der Waals surface area contributed by atoms with Gasteiger partial charge in [0.25, 0.3) is 0 Å². The van der Waals surface area contributed by atoms with Crippen molar-refractivity contribution >= 4 is 0 Å². The molecule has 3 aliphatic rings. The number of likely N-dealkylation sites (tertiary alicyclic amines) is 1. The van der Waals surface area contributed by atoms with Crippen LogP contribution in [0.1, 0.15) is 58.3 Å². The maximum Gasteiger partial charge on any atom is 0.0361 e. The van der Waals surface area contributed by atoms with Gasteiger partial charge in [0.2, 0.25) is 0 Å². The van der Waals surface area contributed by atoms with E-state index in [1.807, 2.05) is 0 Å². The highest BCUT2D eigenvalue weighted by Crippen LogP contribution is 2.38. The van der Waals surface area contributed by atoms with Crippen LogP contribution < -0.4 is 5.73 Å². The van der Waals surface area contributed by atoms with Crippen molar-refractivity contribution in [3.63, 3.8) is 0 Å². The van der Waals surface area contributed by atoms with E-state index in [0.717, 1.165) is 18.6 Å². The number of nitrogens with zero attached hydrogens (tertiary/aromatic N) is 2. The summed E-state index contributed by atoms with van der Waals surface area (Å²) in [4.78, 5) is 5.53. The van der Waals surface area contributed by atoms with Crippen molar-refractivity contribution in [3.05, 3.63) is 0 Å². The van der Waals surface area contributed by atoms with Gasteiger partial charge in [-0.2, -0.15) is 0 Å². The number of hydrogen-bond donors (Lipinski definition) is 1. The molecule has 0 aromatic rings. The molecule has 0 saturated carbocycles. The smallest absolute Gasteiger partial charge is 0.0361 e. The van der Waals surface area contributed by atoms with Gasteiger partial charge in [-0.25, -0.2) is 0 Å². The molecule has 3 unspecified atom stereocenters. The molecule has 0 bridgehead atoms. The molecule has 19 heavy (non-hydrogen) atoms. The van der Waals surface area contributed by atoms with Crippen LogP contribution in [0.2, 0.25) is 0 Å². The predicted molar refractivity (Wildman–Crippen MR) is 80.3 cm³/mol. The average Bonchev–Trinajstić information content (AvgIpc) is 2.78.